The van der Waals surface area contributed by atoms with Gasteiger partial charge in [0.15, 0.2) is 5.13 Å². The van der Waals surface area contributed by atoms with Crippen molar-refractivity contribution in [3.63, 3.8) is 0 Å². The van der Waals surface area contributed by atoms with Crippen molar-refractivity contribution in [2.75, 3.05) is 11.9 Å². The summed E-state index contributed by atoms with van der Waals surface area (Å²) in [5.74, 6) is -1.60. The van der Waals surface area contributed by atoms with Gasteiger partial charge >= 0.3 is 0 Å². The first-order chi connectivity index (χ1) is 13.4. The number of nitrogens with one attached hydrogen (secondary N) is 1. The van der Waals surface area contributed by atoms with Gasteiger partial charge in [0.25, 0.3) is 0 Å². The normalized spacial score (nSPS) is 21.1. The number of thiazole rings is 1. The van der Waals surface area contributed by atoms with E-state index in [4.69, 9.17) is 11.6 Å². The summed E-state index contributed by atoms with van der Waals surface area (Å²) in [6.07, 6.45) is 4.96. The molecule has 144 valence electrons. The van der Waals surface area contributed by atoms with Crippen molar-refractivity contribution in [1.82, 2.24) is 9.88 Å². The zero-order chi connectivity index (χ0) is 19.8. The van der Waals surface area contributed by atoms with Gasteiger partial charge in [-0.25, -0.2) is 4.98 Å². The number of rotatable bonds is 4. The highest BCUT2D eigenvalue weighted by atomic mass is 35.5. The third kappa shape index (κ3) is 3.47. The molecule has 1 fully saturated rings. The van der Waals surface area contributed by atoms with Crippen molar-refractivity contribution >= 4 is 45.8 Å². The Kier molecular flexibility index (Phi) is 5.03. The molecule has 2 aromatic rings. The van der Waals surface area contributed by atoms with Crippen LogP contribution >= 0.6 is 22.9 Å². The van der Waals surface area contributed by atoms with Crippen molar-refractivity contribution in [3.05, 3.63) is 46.3 Å². The van der Waals surface area contributed by atoms with Gasteiger partial charge < -0.3 is 5.32 Å². The minimum Gasteiger partial charge on any atom is -0.300 e. The lowest BCUT2D eigenvalue weighted by molar-refractivity contribution is -0.142. The molecule has 2 aliphatic rings. The van der Waals surface area contributed by atoms with E-state index in [1.54, 1.807) is 12.1 Å². The Morgan fingerprint density at radius 2 is 1.79 bits per heavy atom. The number of hydrogen-bond acceptors (Lipinski definition) is 5. The van der Waals surface area contributed by atoms with Crippen molar-refractivity contribution in [3.8, 4) is 11.3 Å². The summed E-state index contributed by atoms with van der Waals surface area (Å²) in [6.45, 7) is 1.64. The third-order valence-electron chi connectivity index (χ3n) is 5.06. The minimum absolute atomic E-state index is 0.258. The lowest BCUT2D eigenvalue weighted by Crippen LogP contribution is -2.38. The molecule has 0 bridgehead atoms. The van der Waals surface area contributed by atoms with E-state index in [9.17, 15) is 14.4 Å². The number of aromatic nitrogens is 1. The Labute approximate surface area is 171 Å². The van der Waals surface area contributed by atoms with Crippen molar-refractivity contribution in [2.24, 2.45) is 11.8 Å². The van der Waals surface area contributed by atoms with Gasteiger partial charge in [0.05, 0.1) is 17.5 Å². The molecule has 28 heavy (non-hydrogen) atoms. The molecule has 1 aromatic heterocycles. The number of likely N-dealkylation sites (tertiary alicyclic amines) is 1. The maximum Gasteiger partial charge on any atom is 0.246 e. The smallest absolute Gasteiger partial charge is 0.246 e. The third-order valence-corrected chi connectivity index (χ3v) is 6.20. The molecule has 8 heteroatoms. The molecule has 0 radical (unpaired) electrons. The first-order valence-electron chi connectivity index (χ1n) is 8.97. The molecule has 2 heterocycles. The average molecular weight is 416 g/mol. The Balaban J connectivity index is 1.45. The van der Waals surface area contributed by atoms with Crippen molar-refractivity contribution < 1.29 is 14.4 Å². The first-order valence-corrected chi connectivity index (χ1v) is 10.2. The van der Waals surface area contributed by atoms with Crippen LogP contribution in [0.3, 0.4) is 0 Å². The van der Waals surface area contributed by atoms with E-state index >= 15 is 0 Å². The van der Waals surface area contributed by atoms with Crippen LogP contribution in [0.2, 0.25) is 5.02 Å². The van der Waals surface area contributed by atoms with Gasteiger partial charge in [-0.2, -0.15) is 0 Å². The second-order valence-corrected chi connectivity index (χ2v) is 8.54. The van der Waals surface area contributed by atoms with Crippen LogP contribution in [-0.4, -0.2) is 34.2 Å². The van der Waals surface area contributed by atoms with Crippen LogP contribution in [0.5, 0.6) is 0 Å². The highest BCUT2D eigenvalue weighted by molar-refractivity contribution is 7.16. The van der Waals surface area contributed by atoms with Gasteiger partial charge in [0.1, 0.15) is 6.54 Å². The number of nitrogens with zero attached hydrogens (tertiary/aromatic N) is 2. The molecular formula is C20H18ClN3O3S. The second-order valence-electron chi connectivity index (χ2n) is 6.90. The van der Waals surface area contributed by atoms with E-state index in [2.05, 4.69) is 10.3 Å². The van der Waals surface area contributed by atoms with Gasteiger partial charge in [0, 0.05) is 15.5 Å². The predicted molar refractivity (Wildman–Crippen MR) is 108 cm³/mol. The van der Waals surface area contributed by atoms with Crippen LogP contribution in [0.1, 0.15) is 17.7 Å². The second kappa shape index (κ2) is 7.48. The summed E-state index contributed by atoms with van der Waals surface area (Å²) >= 11 is 7.27. The monoisotopic (exact) mass is 415 g/mol. The number of carbonyl (C=O) groups excluding carboxylic acids is 3. The Morgan fingerprint density at radius 1 is 1.18 bits per heavy atom. The molecule has 1 aromatic carbocycles. The van der Waals surface area contributed by atoms with Crippen LogP contribution in [-0.2, 0) is 14.4 Å². The van der Waals surface area contributed by atoms with Crippen LogP contribution in [0, 0.1) is 18.8 Å². The van der Waals surface area contributed by atoms with Crippen LogP contribution in [0.25, 0.3) is 11.3 Å². The van der Waals surface area contributed by atoms with E-state index in [1.165, 1.54) is 11.3 Å². The maximum atomic E-state index is 12.5. The van der Waals surface area contributed by atoms with Gasteiger partial charge in [-0.05, 0) is 31.9 Å². The van der Waals surface area contributed by atoms with E-state index in [1.807, 2.05) is 31.2 Å². The van der Waals surface area contributed by atoms with Gasteiger partial charge in [-0.1, -0.05) is 35.9 Å². The largest absolute Gasteiger partial charge is 0.300 e. The van der Waals surface area contributed by atoms with Crippen LogP contribution < -0.4 is 5.32 Å². The van der Waals surface area contributed by atoms with E-state index in [0.717, 1.165) is 21.0 Å². The minimum atomic E-state index is -0.426. The molecule has 3 amide bonds. The molecule has 1 aliphatic heterocycles. The number of amides is 3. The number of fused-ring (bicyclic) bond motifs is 1. The summed E-state index contributed by atoms with van der Waals surface area (Å²) in [6, 6.07) is 7.31. The SMILES string of the molecule is Cc1sc(NC(=O)CN2C(=O)C3CC=CCC3C2=O)nc1-c1ccc(Cl)cc1. The molecular weight excluding hydrogens is 398 g/mol. The number of aryl methyl sites for hydroxylation is 1. The number of hydrogen-bond donors (Lipinski definition) is 1. The quantitative estimate of drug-likeness (QED) is 0.610. The van der Waals surface area contributed by atoms with E-state index in [-0.39, 0.29) is 30.2 Å². The molecule has 2 atom stereocenters. The lowest BCUT2D eigenvalue weighted by Gasteiger charge is -2.14. The van der Waals surface area contributed by atoms with Gasteiger partial charge in [0.2, 0.25) is 17.7 Å². The highest BCUT2D eigenvalue weighted by Gasteiger charge is 2.47. The fraction of sp³-hybridized carbons (Fsp3) is 0.300. The number of allylic oxidation sites excluding steroid dienone is 2. The van der Waals surface area contributed by atoms with E-state index in [0.29, 0.717) is 23.0 Å². The topological polar surface area (TPSA) is 79.4 Å². The Morgan fingerprint density at radius 3 is 2.39 bits per heavy atom. The molecule has 2 unspecified atom stereocenters. The van der Waals surface area contributed by atoms with Crippen LogP contribution in [0.15, 0.2) is 36.4 Å². The molecule has 0 spiro atoms. The number of benzene rings is 1. The number of carbonyl (C=O) groups is 3. The number of imide groups is 1. The average Bonchev–Trinajstić information content (AvgIpc) is 3.15. The number of anilines is 1. The Bertz CT molecular complexity index is 957. The fourth-order valence-corrected chi connectivity index (χ4v) is 4.63. The molecule has 1 N–H and O–H groups in total. The van der Waals surface area contributed by atoms with Gasteiger partial charge in [-0.3, -0.25) is 19.3 Å². The number of halogens is 1. The molecule has 4 rings (SSSR count). The summed E-state index contributed by atoms with van der Waals surface area (Å²) in [4.78, 5) is 43.9. The molecule has 1 aliphatic carbocycles. The summed E-state index contributed by atoms with van der Waals surface area (Å²) in [5.41, 5.74) is 1.67. The van der Waals surface area contributed by atoms with Crippen molar-refractivity contribution in [1.29, 1.82) is 0 Å². The predicted octanol–water partition coefficient (Wildman–Crippen LogP) is 3.66. The van der Waals surface area contributed by atoms with Gasteiger partial charge in [-0.15, -0.1) is 11.3 Å². The summed E-state index contributed by atoms with van der Waals surface area (Å²) < 4.78 is 0. The highest BCUT2D eigenvalue weighted by Crippen LogP contribution is 2.35. The maximum absolute atomic E-state index is 12.5. The van der Waals surface area contributed by atoms with Crippen molar-refractivity contribution in [2.45, 2.75) is 19.8 Å². The lowest BCUT2D eigenvalue weighted by atomic mass is 9.85. The first kappa shape index (κ1) is 18.8. The summed E-state index contributed by atoms with van der Waals surface area (Å²) in [7, 11) is 0. The molecule has 0 saturated carbocycles. The summed E-state index contributed by atoms with van der Waals surface area (Å²) in [5, 5.41) is 3.79. The molecule has 1 saturated heterocycles. The Hall–Kier alpha value is -2.51. The zero-order valence-electron chi connectivity index (χ0n) is 15.1. The van der Waals surface area contributed by atoms with E-state index < -0.39 is 5.91 Å². The zero-order valence-corrected chi connectivity index (χ0v) is 16.7. The molecule has 6 nitrogen and oxygen atoms in total. The van der Waals surface area contributed by atoms with Crippen LogP contribution in [0.4, 0.5) is 5.13 Å². The standard InChI is InChI=1S/C20H18ClN3O3S/c1-11-17(12-6-8-13(21)9-7-12)23-20(28-11)22-16(25)10-24-18(26)14-4-2-3-5-15(14)19(24)27/h2-3,6-9,14-15H,4-5,10H2,1H3,(H,22,23,25). The fourth-order valence-electron chi connectivity index (χ4n) is 3.65.